The Bertz CT molecular complexity index is 575. The monoisotopic (exact) mass is 282 g/mol. The van der Waals surface area contributed by atoms with Crippen molar-refractivity contribution in [1.82, 2.24) is 9.55 Å². The lowest BCUT2D eigenvalue weighted by Crippen LogP contribution is -2.28. The fraction of sp³-hybridized carbons (Fsp3) is 0.533. The Kier molecular flexibility index (Phi) is 4.14. The van der Waals surface area contributed by atoms with E-state index in [4.69, 9.17) is 11.6 Å². The van der Waals surface area contributed by atoms with Crippen molar-refractivity contribution in [2.45, 2.75) is 45.6 Å². The lowest BCUT2D eigenvalue weighted by molar-refractivity contribution is 0.324. The summed E-state index contributed by atoms with van der Waals surface area (Å²) in [5.41, 5.74) is 1.66. The quantitative estimate of drug-likeness (QED) is 0.739. The summed E-state index contributed by atoms with van der Waals surface area (Å²) in [7, 11) is 0. The molecule has 0 spiro atoms. The highest BCUT2D eigenvalue weighted by Gasteiger charge is 2.25. The Hall–Kier alpha value is -1.09. The highest BCUT2D eigenvalue weighted by atomic mass is 35.5. The van der Waals surface area contributed by atoms with E-state index in [0.717, 1.165) is 24.2 Å². The minimum atomic E-state index is -0.247. The van der Waals surface area contributed by atoms with Crippen LogP contribution < -0.4 is 0 Å². The van der Waals surface area contributed by atoms with Gasteiger partial charge in [0.1, 0.15) is 11.6 Å². The summed E-state index contributed by atoms with van der Waals surface area (Å²) in [6.45, 7) is 6.55. The van der Waals surface area contributed by atoms with E-state index in [2.05, 4.69) is 30.3 Å². The van der Waals surface area contributed by atoms with E-state index in [9.17, 15) is 4.39 Å². The van der Waals surface area contributed by atoms with Crippen molar-refractivity contribution in [2.24, 2.45) is 0 Å². The third kappa shape index (κ3) is 2.76. The molecule has 1 aromatic carbocycles. The maximum absolute atomic E-state index is 13.3. The molecule has 0 aliphatic carbocycles. The molecule has 2 nitrogen and oxygen atoms in total. The summed E-state index contributed by atoms with van der Waals surface area (Å²) in [4.78, 5) is 4.55. The number of nitrogens with zero attached hydrogens (tertiary/aromatic N) is 2. The summed E-state index contributed by atoms with van der Waals surface area (Å²) in [5, 5.41) is 0. The maximum atomic E-state index is 13.3. The molecule has 0 aliphatic heterocycles. The Morgan fingerprint density at radius 3 is 2.74 bits per heavy atom. The summed E-state index contributed by atoms with van der Waals surface area (Å²) in [5.74, 6) is 1.21. The zero-order valence-electron chi connectivity index (χ0n) is 11.7. The third-order valence-corrected chi connectivity index (χ3v) is 3.66. The van der Waals surface area contributed by atoms with Crippen LogP contribution in [0.3, 0.4) is 0 Å². The van der Waals surface area contributed by atoms with Gasteiger partial charge in [-0.1, -0.05) is 13.3 Å². The summed E-state index contributed by atoms with van der Waals surface area (Å²) in [6.07, 6.45) is 2.84. The van der Waals surface area contributed by atoms with Gasteiger partial charge in [-0.3, -0.25) is 0 Å². The number of hydrogen-bond donors (Lipinski definition) is 0. The van der Waals surface area contributed by atoms with E-state index in [0.29, 0.717) is 17.8 Å². The SMILES string of the molecule is CCCC(C)(C)n1c(CCCl)nc2cc(F)ccc21. The van der Waals surface area contributed by atoms with Crippen LogP contribution in [-0.2, 0) is 12.0 Å². The van der Waals surface area contributed by atoms with Gasteiger partial charge in [0.05, 0.1) is 11.0 Å². The minimum absolute atomic E-state index is 0.0390. The predicted molar refractivity (Wildman–Crippen MR) is 78.3 cm³/mol. The van der Waals surface area contributed by atoms with Gasteiger partial charge in [0.2, 0.25) is 0 Å². The third-order valence-electron chi connectivity index (χ3n) is 3.47. The number of benzene rings is 1. The molecule has 1 heterocycles. The second-order valence-corrected chi connectivity index (χ2v) is 5.88. The van der Waals surface area contributed by atoms with Crippen molar-refractivity contribution in [3.63, 3.8) is 0 Å². The van der Waals surface area contributed by atoms with Gasteiger partial charge in [0.25, 0.3) is 0 Å². The normalized spacial score (nSPS) is 12.3. The van der Waals surface area contributed by atoms with E-state index < -0.39 is 0 Å². The highest BCUT2D eigenvalue weighted by molar-refractivity contribution is 6.17. The number of halogens is 2. The molecule has 0 amide bonds. The number of aromatic nitrogens is 2. The smallest absolute Gasteiger partial charge is 0.125 e. The molecule has 0 radical (unpaired) electrons. The molecule has 0 atom stereocenters. The molecule has 0 N–H and O–H groups in total. The number of hydrogen-bond acceptors (Lipinski definition) is 1. The van der Waals surface area contributed by atoms with Crippen molar-refractivity contribution in [2.75, 3.05) is 5.88 Å². The first-order chi connectivity index (χ1) is 8.99. The second-order valence-electron chi connectivity index (χ2n) is 5.50. The van der Waals surface area contributed by atoms with Gasteiger partial charge in [0.15, 0.2) is 0 Å². The Labute approximate surface area is 118 Å². The molecule has 0 saturated carbocycles. The standard InChI is InChI=1S/C15H20ClFN2/c1-4-8-15(2,3)19-13-6-5-11(17)10-12(13)18-14(19)7-9-16/h5-6,10H,4,7-9H2,1-3H3. The summed E-state index contributed by atoms with van der Waals surface area (Å²) in [6, 6.07) is 4.80. The Morgan fingerprint density at radius 2 is 2.11 bits per heavy atom. The molecule has 0 aliphatic rings. The number of fused-ring (bicyclic) bond motifs is 1. The van der Waals surface area contributed by atoms with E-state index in [1.54, 1.807) is 0 Å². The Balaban J connectivity index is 2.64. The molecule has 4 heteroatoms. The first kappa shape index (κ1) is 14.3. The molecule has 0 fully saturated rings. The van der Waals surface area contributed by atoms with Gasteiger partial charge in [-0.15, -0.1) is 11.6 Å². The molecule has 2 aromatic rings. The van der Waals surface area contributed by atoms with E-state index in [1.165, 1.54) is 12.1 Å². The lowest BCUT2D eigenvalue weighted by Gasteiger charge is -2.29. The fourth-order valence-corrected chi connectivity index (χ4v) is 2.92. The van der Waals surface area contributed by atoms with Gasteiger partial charge in [-0.05, 0) is 32.4 Å². The van der Waals surface area contributed by atoms with Crippen LogP contribution in [0.4, 0.5) is 4.39 Å². The topological polar surface area (TPSA) is 17.8 Å². The second kappa shape index (κ2) is 5.49. The van der Waals surface area contributed by atoms with E-state index >= 15 is 0 Å². The average Bonchev–Trinajstić information content (AvgIpc) is 2.67. The molecule has 0 unspecified atom stereocenters. The van der Waals surface area contributed by atoms with Gasteiger partial charge in [-0.25, -0.2) is 9.37 Å². The number of rotatable bonds is 5. The van der Waals surface area contributed by atoms with Crippen molar-refractivity contribution in [3.05, 3.63) is 29.8 Å². The highest BCUT2D eigenvalue weighted by Crippen LogP contribution is 2.29. The van der Waals surface area contributed by atoms with Crippen LogP contribution in [0.25, 0.3) is 11.0 Å². The predicted octanol–water partition coefficient (Wildman–Crippen LogP) is 4.49. The van der Waals surface area contributed by atoms with Gasteiger partial charge in [-0.2, -0.15) is 0 Å². The number of imidazole rings is 1. The molecule has 2 rings (SSSR count). The number of aryl methyl sites for hydroxylation is 1. The zero-order chi connectivity index (χ0) is 14.0. The van der Waals surface area contributed by atoms with Crippen LogP contribution in [0.15, 0.2) is 18.2 Å². The Morgan fingerprint density at radius 1 is 1.37 bits per heavy atom. The van der Waals surface area contributed by atoms with Crippen LogP contribution in [0.5, 0.6) is 0 Å². The zero-order valence-corrected chi connectivity index (χ0v) is 12.5. The fourth-order valence-electron chi connectivity index (χ4n) is 2.75. The van der Waals surface area contributed by atoms with E-state index in [1.807, 2.05) is 6.07 Å². The summed E-state index contributed by atoms with van der Waals surface area (Å²) >= 11 is 5.87. The van der Waals surface area contributed by atoms with Gasteiger partial charge in [0, 0.05) is 23.9 Å². The summed E-state index contributed by atoms with van der Waals surface area (Å²) < 4.78 is 15.5. The minimum Gasteiger partial charge on any atom is -0.322 e. The van der Waals surface area contributed by atoms with Crippen LogP contribution in [0, 0.1) is 5.82 Å². The van der Waals surface area contributed by atoms with Crippen molar-refractivity contribution in [3.8, 4) is 0 Å². The molecular formula is C15H20ClFN2. The van der Waals surface area contributed by atoms with Gasteiger partial charge >= 0.3 is 0 Å². The molecule has 1 aromatic heterocycles. The van der Waals surface area contributed by atoms with Crippen LogP contribution in [0.2, 0.25) is 0 Å². The molecule has 19 heavy (non-hydrogen) atoms. The van der Waals surface area contributed by atoms with Gasteiger partial charge < -0.3 is 4.57 Å². The van der Waals surface area contributed by atoms with E-state index in [-0.39, 0.29) is 11.4 Å². The van der Waals surface area contributed by atoms with Crippen LogP contribution in [0.1, 0.15) is 39.4 Å². The lowest BCUT2D eigenvalue weighted by atomic mass is 9.98. The maximum Gasteiger partial charge on any atom is 0.125 e. The first-order valence-corrected chi connectivity index (χ1v) is 7.26. The molecule has 104 valence electrons. The number of alkyl halides is 1. The van der Waals surface area contributed by atoms with Crippen molar-refractivity contribution in [1.29, 1.82) is 0 Å². The van der Waals surface area contributed by atoms with Crippen molar-refractivity contribution < 1.29 is 4.39 Å². The molecule has 0 saturated heterocycles. The molecular weight excluding hydrogens is 263 g/mol. The first-order valence-electron chi connectivity index (χ1n) is 6.73. The van der Waals surface area contributed by atoms with Crippen LogP contribution in [-0.4, -0.2) is 15.4 Å². The molecule has 0 bridgehead atoms. The van der Waals surface area contributed by atoms with Crippen molar-refractivity contribution >= 4 is 22.6 Å². The van der Waals surface area contributed by atoms with Crippen LogP contribution >= 0.6 is 11.6 Å². The largest absolute Gasteiger partial charge is 0.322 e. The average molecular weight is 283 g/mol.